The van der Waals surface area contributed by atoms with Crippen LogP contribution in [0, 0.1) is 19.7 Å². The molecule has 8 heteroatoms. The quantitative estimate of drug-likeness (QED) is 0.527. The van der Waals surface area contributed by atoms with Gasteiger partial charge in [0, 0.05) is 19.4 Å². The molecule has 2 heterocycles. The van der Waals surface area contributed by atoms with E-state index in [4.69, 9.17) is 4.42 Å². The smallest absolute Gasteiger partial charge is 0.243 e. The summed E-state index contributed by atoms with van der Waals surface area (Å²) in [4.78, 5) is 0.282. The molecule has 0 aliphatic carbocycles. The summed E-state index contributed by atoms with van der Waals surface area (Å²) < 4.78 is 47.8. The van der Waals surface area contributed by atoms with Gasteiger partial charge in [-0.3, -0.25) is 0 Å². The summed E-state index contributed by atoms with van der Waals surface area (Å²) in [7, 11) is -3.71. The number of halogens is 1. The second kappa shape index (κ2) is 8.88. The van der Waals surface area contributed by atoms with Gasteiger partial charge in [-0.25, -0.2) is 12.8 Å². The van der Waals surface area contributed by atoms with Crippen molar-refractivity contribution in [1.82, 2.24) is 14.5 Å². The molecule has 1 aliphatic rings. The first-order valence-electron chi connectivity index (χ1n) is 10.5. The van der Waals surface area contributed by atoms with Crippen molar-refractivity contribution in [2.75, 3.05) is 0 Å². The Balaban J connectivity index is 1.60. The second-order valence-corrected chi connectivity index (χ2v) is 9.90. The first-order valence-corrected chi connectivity index (χ1v) is 11.9. The second-order valence-electron chi connectivity index (χ2n) is 8.05. The van der Waals surface area contributed by atoms with Crippen LogP contribution in [-0.4, -0.2) is 29.0 Å². The van der Waals surface area contributed by atoms with E-state index < -0.39 is 10.0 Å². The lowest BCUT2D eigenvalue weighted by Crippen LogP contribution is -2.37. The van der Waals surface area contributed by atoms with Crippen molar-refractivity contribution in [2.24, 2.45) is 0 Å². The molecule has 6 nitrogen and oxygen atoms in total. The molecule has 164 valence electrons. The molecule has 2 atom stereocenters. The van der Waals surface area contributed by atoms with Gasteiger partial charge in [-0.05, 0) is 62.4 Å². The average Bonchev–Trinajstić information content (AvgIpc) is 3.36. The van der Waals surface area contributed by atoms with Crippen LogP contribution in [0.1, 0.15) is 54.6 Å². The lowest BCUT2D eigenvalue weighted by molar-refractivity contribution is 0.306. The van der Waals surface area contributed by atoms with Crippen LogP contribution in [-0.2, 0) is 16.4 Å². The predicted octanol–water partition coefficient (Wildman–Crippen LogP) is 4.74. The van der Waals surface area contributed by atoms with Gasteiger partial charge in [0.15, 0.2) is 0 Å². The maximum absolute atomic E-state index is 13.7. The highest BCUT2D eigenvalue weighted by atomic mass is 32.2. The Morgan fingerprint density at radius 1 is 1.03 bits per heavy atom. The number of rotatable bonds is 7. The van der Waals surface area contributed by atoms with Crippen molar-refractivity contribution in [3.05, 3.63) is 77.3 Å². The predicted molar refractivity (Wildman–Crippen MR) is 114 cm³/mol. The fourth-order valence-electron chi connectivity index (χ4n) is 4.25. The molecule has 1 fully saturated rings. The van der Waals surface area contributed by atoms with Crippen LogP contribution in [0.5, 0.6) is 0 Å². The zero-order chi connectivity index (χ0) is 22.0. The van der Waals surface area contributed by atoms with Gasteiger partial charge in [-0.15, -0.1) is 10.2 Å². The van der Waals surface area contributed by atoms with E-state index in [9.17, 15) is 12.8 Å². The molecule has 1 saturated heterocycles. The Bertz CT molecular complexity index is 1130. The van der Waals surface area contributed by atoms with E-state index in [1.54, 1.807) is 35.5 Å². The summed E-state index contributed by atoms with van der Waals surface area (Å²) in [6.45, 7) is 3.67. The van der Waals surface area contributed by atoms with Gasteiger partial charge in [0.05, 0.1) is 10.9 Å². The highest BCUT2D eigenvalue weighted by Gasteiger charge is 2.42. The lowest BCUT2D eigenvalue weighted by atomic mass is 10.0. The topological polar surface area (TPSA) is 76.3 Å². The van der Waals surface area contributed by atoms with E-state index in [1.807, 2.05) is 19.1 Å². The van der Waals surface area contributed by atoms with E-state index in [1.165, 1.54) is 12.1 Å². The highest BCUT2D eigenvalue weighted by molar-refractivity contribution is 7.89. The van der Waals surface area contributed by atoms with Crippen LogP contribution >= 0.6 is 0 Å². The minimum absolute atomic E-state index is 0.148. The third kappa shape index (κ3) is 4.70. The largest absolute Gasteiger partial charge is 0.426 e. The van der Waals surface area contributed by atoms with E-state index in [0.29, 0.717) is 31.0 Å². The zero-order valence-corrected chi connectivity index (χ0v) is 18.5. The van der Waals surface area contributed by atoms with Crippen LogP contribution < -0.4 is 0 Å². The SMILES string of the molecule is Cc1ccc(S(=O)(=O)N2C(CCCc3nnc(C)o3)CCC2c2ccc(F)cc2)cc1. The van der Waals surface area contributed by atoms with Crippen LogP contribution in [0.4, 0.5) is 4.39 Å². The van der Waals surface area contributed by atoms with Gasteiger partial charge in [0.2, 0.25) is 21.8 Å². The standard InChI is InChI=1S/C23H26FN3O3S/c1-16-6-13-21(14-7-16)31(28,29)27-20(4-3-5-23-26-25-17(2)30-23)12-15-22(27)18-8-10-19(24)11-9-18/h6-11,13-14,20,22H,3-5,12,15H2,1-2H3. The van der Waals surface area contributed by atoms with Crippen molar-refractivity contribution in [3.8, 4) is 0 Å². The summed E-state index contributed by atoms with van der Waals surface area (Å²) >= 11 is 0. The van der Waals surface area contributed by atoms with E-state index in [-0.39, 0.29) is 22.8 Å². The Morgan fingerprint density at radius 2 is 1.74 bits per heavy atom. The molecule has 3 aromatic rings. The molecular weight excluding hydrogens is 417 g/mol. The molecule has 0 amide bonds. The third-order valence-corrected chi connectivity index (χ3v) is 7.76. The monoisotopic (exact) mass is 443 g/mol. The summed E-state index contributed by atoms with van der Waals surface area (Å²) in [5.41, 5.74) is 1.81. The number of hydrogen-bond donors (Lipinski definition) is 0. The number of sulfonamides is 1. The normalized spacial score (nSPS) is 19.7. The summed E-state index contributed by atoms with van der Waals surface area (Å²) in [5.74, 6) is 0.760. The number of aromatic nitrogens is 2. The van der Waals surface area contributed by atoms with Crippen molar-refractivity contribution in [2.45, 2.75) is 62.9 Å². The van der Waals surface area contributed by atoms with Gasteiger partial charge in [-0.2, -0.15) is 4.31 Å². The van der Waals surface area contributed by atoms with E-state index in [2.05, 4.69) is 10.2 Å². The molecule has 1 aromatic heterocycles. The van der Waals surface area contributed by atoms with Gasteiger partial charge in [0.1, 0.15) is 5.82 Å². The molecule has 0 N–H and O–H groups in total. The number of nitrogens with zero attached hydrogens (tertiary/aromatic N) is 3. The van der Waals surface area contributed by atoms with Gasteiger partial charge in [-0.1, -0.05) is 29.8 Å². The highest BCUT2D eigenvalue weighted by Crippen LogP contribution is 2.42. The minimum atomic E-state index is -3.71. The third-order valence-electron chi connectivity index (χ3n) is 5.79. The van der Waals surface area contributed by atoms with Crippen LogP contribution in [0.25, 0.3) is 0 Å². The molecule has 0 saturated carbocycles. The van der Waals surface area contributed by atoms with Gasteiger partial charge in [0.25, 0.3) is 0 Å². The molecule has 2 aromatic carbocycles. The van der Waals surface area contributed by atoms with E-state index in [0.717, 1.165) is 24.0 Å². The number of benzene rings is 2. The molecule has 0 radical (unpaired) electrons. The first-order chi connectivity index (χ1) is 14.8. The van der Waals surface area contributed by atoms with Gasteiger partial charge >= 0.3 is 0 Å². The zero-order valence-electron chi connectivity index (χ0n) is 17.7. The fraction of sp³-hybridized carbons (Fsp3) is 0.391. The molecule has 0 bridgehead atoms. The van der Waals surface area contributed by atoms with Crippen LogP contribution in [0.2, 0.25) is 0 Å². The fourth-order valence-corrected chi connectivity index (χ4v) is 6.14. The van der Waals surface area contributed by atoms with Gasteiger partial charge < -0.3 is 4.42 Å². The summed E-state index contributed by atoms with van der Waals surface area (Å²) in [5, 5.41) is 7.86. The number of aryl methyl sites for hydroxylation is 3. The molecule has 2 unspecified atom stereocenters. The maximum atomic E-state index is 13.7. The van der Waals surface area contributed by atoms with Crippen LogP contribution in [0.15, 0.2) is 57.8 Å². The van der Waals surface area contributed by atoms with Crippen molar-refractivity contribution in [3.63, 3.8) is 0 Å². The Hall–Kier alpha value is -2.58. The van der Waals surface area contributed by atoms with E-state index >= 15 is 0 Å². The Morgan fingerprint density at radius 3 is 2.39 bits per heavy atom. The summed E-state index contributed by atoms with van der Waals surface area (Å²) in [6.07, 6.45) is 3.47. The Kier molecular flexibility index (Phi) is 6.20. The molecule has 31 heavy (non-hydrogen) atoms. The molecular formula is C23H26FN3O3S. The Labute approximate surface area is 182 Å². The van der Waals surface area contributed by atoms with Crippen molar-refractivity contribution < 1.29 is 17.2 Å². The van der Waals surface area contributed by atoms with Crippen molar-refractivity contribution >= 4 is 10.0 Å². The molecule has 1 aliphatic heterocycles. The average molecular weight is 444 g/mol. The number of hydrogen-bond acceptors (Lipinski definition) is 5. The lowest BCUT2D eigenvalue weighted by Gasteiger charge is -2.30. The molecule has 4 rings (SSSR count). The maximum Gasteiger partial charge on any atom is 0.243 e. The van der Waals surface area contributed by atoms with Crippen molar-refractivity contribution in [1.29, 1.82) is 0 Å². The van der Waals surface area contributed by atoms with Crippen LogP contribution in [0.3, 0.4) is 0 Å². The minimum Gasteiger partial charge on any atom is -0.426 e. The summed E-state index contributed by atoms with van der Waals surface area (Å²) in [6, 6.07) is 12.6. The molecule has 0 spiro atoms. The first kappa shape index (κ1) is 21.6.